The van der Waals surface area contributed by atoms with Crippen molar-refractivity contribution < 1.29 is 18.7 Å². The number of nitrogens with one attached hydrogen (secondary N) is 1. The van der Waals surface area contributed by atoms with Crippen molar-refractivity contribution in [2.75, 3.05) is 25.1 Å². The molecule has 0 atom stereocenters. The first-order valence-electron chi connectivity index (χ1n) is 5.45. The smallest absolute Gasteiger partial charge is 0.336 e. The third kappa shape index (κ3) is 2.24. The predicted octanol–water partition coefficient (Wildman–Crippen LogP) is 1.57. The van der Waals surface area contributed by atoms with E-state index in [4.69, 9.17) is 9.47 Å². The Balaban J connectivity index is 2.15. The second-order valence-electron chi connectivity index (χ2n) is 3.90. The van der Waals surface area contributed by atoms with Crippen LogP contribution in [0.4, 0.5) is 10.1 Å². The first kappa shape index (κ1) is 11.9. The Hall–Kier alpha value is -1.62. The van der Waals surface area contributed by atoms with E-state index in [0.717, 1.165) is 0 Å². The number of para-hydroxylation sites is 1. The van der Waals surface area contributed by atoms with Crippen molar-refractivity contribution in [2.45, 2.75) is 12.5 Å². The van der Waals surface area contributed by atoms with E-state index >= 15 is 0 Å². The largest absolute Gasteiger partial charge is 0.464 e. The molecule has 0 spiro atoms. The first-order valence-corrected chi connectivity index (χ1v) is 5.45. The Bertz CT molecular complexity index is 418. The molecule has 0 saturated carbocycles. The summed E-state index contributed by atoms with van der Waals surface area (Å²) in [6.07, 6.45) is 0. The number of benzene rings is 1. The van der Waals surface area contributed by atoms with Crippen LogP contribution in [-0.2, 0) is 14.3 Å². The lowest BCUT2D eigenvalue weighted by Crippen LogP contribution is -2.62. The zero-order valence-electron chi connectivity index (χ0n) is 9.53. The zero-order valence-corrected chi connectivity index (χ0v) is 9.53. The van der Waals surface area contributed by atoms with Crippen molar-refractivity contribution in [1.82, 2.24) is 0 Å². The number of hydrogen-bond acceptors (Lipinski definition) is 4. The molecule has 1 fully saturated rings. The number of ether oxygens (including phenoxy) is 2. The summed E-state index contributed by atoms with van der Waals surface area (Å²) in [4.78, 5) is 11.8. The van der Waals surface area contributed by atoms with Gasteiger partial charge in [0.1, 0.15) is 5.82 Å². The van der Waals surface area contributed by atoms with Gasteiger partial charge in [-0.15, -0.1) is 0 Å². The van der Waals surface area contributed by atoms with Gasteiger partial charge in [-0.1, -0.05) is 12.1 Å². The highest BCUT2D eigenvalue weighted by atomic mass is 19.1. The van der Waals surface area contributed by atoms with Crippen molar-refractivity contribution in [2.24, 2.45) is 0 Å². The van der Waals surface area contributed by atoms with E-state index in [0.29, 0.717) is 6.61 Å². The average molecular weight is 239 g/mol. The number of halogens is 1. The SMILES string of the molecule is CCOC(=O)C1(Nc2ccccc2F)COC1. The Morgan fingerprint density at radius 1 is 1.53 bits per heavy atom. The van der Waals surface area contributed by atoms with Crippen LogP contribution in [0.2, 0.25) is 0 Å². The molecule has 0 aromatic heterocycles. The Morgan fingerprint density at radius 2 is 2.24 bits per heavy atom. The Labute approximate surface area is 98.7 Å². The number of esters is 1. The van der Waals surface area contributed by atoms with Crippen molar-refractivity contribution >= 4 is 11.7 Å². The van der Waals surface area contributed by atoms with Crippen LogP contribution in [0.5, 0.6) is 0 Å². The van der Waals surface area contributed by atoms with Gasteiger partial charge in [0.25, 0.3) is 0 Å². The van der Waals surface area contributed by atoms with Gasteiger partial charge in [0, 0.05) is 0 Å². The molecule has 1 aliphatic heterocycles. The maximum atomic E-state index is 13.5. The van der Waals surface area contributed by atoms with Crippen LogP contribution >= 0.6 is 0 Å². The number of anilines is 1. The van der Waals surface area contributed by atoms with E-state index in [1.165, 1.54) is 6.07 Å². The molecule has 0 radical (unpaired) electrons. The number of hydrogen-bond donors (Lipinski definition) is 1. The van der Waals surface area contributed by atoms with Gasteiger partial charge in [-0.25, -0.2) is 9.18 Å². The van der Waals surface area contributed by atoms with Gasteiger partial charge in [-0.05, 0) is 19.1 Å². The van der Waals surface area contributed by atoms with Gasteiger partial charge in [0.05, 0.1) is 25.5 Å². The maximum Gasteiger partial charge on any atom is 0.336 e. The van der Waals surface area contributed by atoms with E-state index in [-0.39, 0.29) is 18.9 Å². The van der Waals surface area contributed by atoms with Crippen molar-refractivity contribution in [3.8, 4) is 0 Å². The molecule has 0 aliphatic carbocycles. The van der Waals surface area contributed by atoms with E-state index < -0.39 is 17.3 Å². The summed E-state index contributed by atoms with van der Waals surface area (Å²) >= 11 is 0. The summed E-state index contributed by atoms with van der Waals surface area (Å²) < 4.78 is 23.5. The minimum Gasteiger partial charge on any atom is -0.464 e. The van der Waals surface area contributed by atoms with Crippen LogP contribution in [0.15, 0.2) is 24.3 Å². The summed E-state index contributed by atoms with van der Waals surface area (Å²) in [6, 6.07) is 6.20. The van der Waals surface area contributed by atoms with E-state index in [1.54, 1.807) is 25.1 Å². The standard InChI is InChI=1S/C12H14FNO3/c1-2-17-11(15)12(7-16-8-12)14-10-6-4-3-5-9(10)13/h3-6,14H,2,7-8H2,1H3. The molecule has 4 nitrogen and oxygen atoms in total. The average Bonchev–Trinajstić information content (AvgIpc) is 2.26. The molecular weight excluding hydrogens is 225 g/mol. The third-order valence-corrected chi connectivity index (χ3v) is 2.61. The fraction of sp³-hybridized carbons (Fsp3) is 0.417. The monoisotopic (exact) mass is 239 g/mol. The maximum absolute atomic E-state index is 13.5. The van der Waals surface area contributed by atoms with Crippen molar-refractivity contribution in [1.29, 1.82) is 0 Å². The number of carbonyl (C=O) groups is 1. The summed E-state index contributed by atoms with van der Waals surface area (Å²) in [5.41, 5.74) is -0.665. The van der Waals surface area contributed by atoms with Crippen LogP contribution in [0.1, 0.15) is 6.92 Å². The van der Waals surface area contributed by atoms with E-state index in [9.17, 15) is 9.18 Å². The molecule has 1 heterocycles. The van der Waals surface area contributed by atoms with Crippen molar-refractivity contribution in [3.63, 3.8) is 0 Å². The number of rotatable bonds is 4. The van der Waals surface area contributed by atoms with Crippen LogP contribution in [0.3, 0.4) is 0 Å². The normalized spacial score (nSPS) is 17.1. The molecule has 1 aromatic rings. The molecule has 1 aromatic carbocycles. The molecule has 17 heavy (non-hydrogen) atoms. The van der Waals surface area contributed by atoms with Crippen LogP contribution < -0.4 is 5.32 Å². The molecule has 1 N–H and O–H groups in total. The van der Waals surface area contributed by atoms with Gasteiger partial charge in [0.2, 0.25) is 0 Å². The number of carbonyl (C=O) groups excluding carboxylic acids is 1. The highest BCUT2D eigenvalue weighted by Gasteiger charge is 2.47. The molecule has 1 aliphatic rings. The van der Waals surface area contributed by atoms with Crippen LogP contribution in [0, 0.1) is 5.82 Å². The van der Waals surface area contributed by atoms with Crippen LogP contribution in [0.25, 0.3) is 0 Å². The lowest BCUT2D eigenvalue weighted by Gasteiger charge is -2.40. The van der Waals surface area contributed by atoms with E-state index in [2.05, 4.69) is 5.32 Å². The lowest BCUT2D eigenvalue weighted by atomic mass is 9.97. The molecule has 0 bridgehead atoms. The van der Waals surface area contributed by atoms with Crippen molar-refractivity contribution in [3.05, 3.63) is 30.1 Å². The molecule has 5 heteroatoms. The van der Waals surface area contributed by atoms with Gasteiger partial charge in [-0.2, -0.15) is 0 Å². The van der Waals surface area contributed by atoms with Gasteiger partial charge < -0.3 is 14.8 Å². The molecular formula is C12H14FNO3. The van der Waals surface area contributed by atoms with E-state index in [1.807, 2.05) is 0 Å². The zero-order chi connectivity index (χ0) is 12.3. The second-order valence-corrected chi connectivity index (χ2v) is 3.90. The summed E-state index contributed by atoms with van der Waals surface area (Å²) in [5, 5.41) is 2.87. The lowest BCUT2D eigenvalue weighted by molar-refractivity contribution is -0.164. The molecule has 92 valence electrons. The van der Waals surface area contributed by atoms with Gasteiger partial charge in [0.15, 0.2) is 5.54 Å². The Kier molecular flexibility index (Phi) is 3.28. The minimum atomic E-state index is -0.946. The first-order chi connectivity index (χ1) is 8.18. The van der Waals surface area contributed by atoms with Gasteiger partial charge in [-0.3, -0.25) is 0 Å². The highest BCUT2D eigenvalue weighted by molar-refractivity contribution is 5.86. The summed E-state index contributed by atoms with van der Waals surface area (Å²) in [7, 11) is 0. The summed E-state index contributed by atoms with van der Waals surface area (Å²) in [5.74, 6) is -0.808. The molecule has 0 amide bonds. The quantitative estimate of drug-likeness (QED) is 0.810. The minimum absolute atomic E-state index is 0.195. The third-order valence-electron chi connectivity index (χ3n) is 2.61. The Morgan fingerprint density at radius 3 is 2.76 bits per heavy atom. The van der Waals surface area contributed by atoms with Crippen LogP contribution in [-0.4, -0.2) is 31.3 Å². The fourth-order valence-electron chi connectivity index (χ4n) is 1.64. The van der Waals surface area contributed by atoms with Gasteiger partial charge >= 0.3 is 5.97 Å². The molecule has 0 unspecified atom stereocenters. The topological polar surface area (TPSA) is 47.6 Å². The molecule has 2 rings (SSSR count). The second kappa shape index (κ2) is 4.71. The highest BCUT2D eigenvalue weighted by Crippen LogP contribution is 2.26. The molecule has 1 saturated heterocycles. The fourth-order valence-corrected chi connectivity index (χ4v) is 1.64. The predicted molar refractivity (Wildman–Crippen MR) is 60.2 cm³/mol. The summed E-state index contributed by atoms with van der Waals surface area (Å²) in [6.45, 7) is 2.41.